The van der Waals surface area contributed by atoms with Gasteiger partial charge in [-0.2, -0.15) is 24.5 Å². The van der Waals surface area contributed by atoms with Crippen LogP contribution in [0.2, 0.25) is 0 Å². The van der Waals surface area contributed by atoms with E-state index in [1.54, 1.807) is 65.8 Å². The lowest BCUT2D eigenvalue weighted by Gasteiger charge is -2.22. The molecule has 2 aliphatic carbocycles. The molecule has 0 radical (unpaired) electrons. The highest BCUT2D eigenvalue weighted by molar-refractivity contribution is 5.85. The molecule has 28 heteroatoms. The largest absolute Gasteiger partial charge is 0.508 e. The molecule has 4 fully saturated rings. The van der Waals surface area contributed by atoms with Gasteiger partial charge in [-0.05, 0) is 132 Å². The van der Waals surface area contributed by atoms with Gasteiger partial charge in [0.05, 0.1) is 30.4 Å². The van der Waals surface area contributed by atoms with Gasteiger partial charge in [-0.15, -0.1) is 20.4 Å². The summed E-state index contributed by atoms with van der Waals surface area (Å²) < 4.78 is 3.60. The lowest BCUT2D eigenvalue weighted by Crippen LogP contribution is -2.31. The summed E-state index contributed by atoms with van der Waals surface area (Å²) in [6.07, 6.45) is 3.21. The van der Waals surface area contributed by atoms with Crippen molar-refractivity contribution in [2.24, 2.45) is 11.8 Å². The van der Waals surface area contributed by atoms with Crippen molar-refractivity contribution in [3.63, 3.8) is 0 Å². The van der Waals surface area contributed by atoms with Gasteiger partial charge in [0, 0.05) is 70.2 Å². The second kappa shape index (κ2) is 26.0. The van der Waals surface area contributed by atoms with Gasteiger partial charge in [-0.25, -0.2) is 15.0 Å². The lowest BCUT2D eigenvalue weighted by atomic mass is 9.87. The molecule has 6 aromatic heterocycles. The van der Waals surface area contributed by atoms with E-state index in [0.29, 0.717) is 135 Å². The Labute approximate surface area is 539 Å². The number of phenolic OH excluding ortho intramolecular Hbond substituents is 4. The lowest BCUT2D eigenvalue weighted by molar-refractivity contribution is -0.120. The van der Waals surface area contributed by atoms with Crippen LogP contribution in [0.3, 0.4) is 0 Å². The SMILES string of the molecule is CCc1nnn([C@H]2C[C@@H](n3cnc4c(CCC(c5ccc(O)cc5)c5ccc(O)cc5)nc(N5CC[C@@H](CC(=O)C[C@@H]6CCN(c7nc(NCC(c8ccc(O)cc8)c8ccc(O)cc8)c8ncn([C@@H]9C[C@H](n%10nnc(CC)n%10)[C@@H](O)[C@H]9O)c8n7)C6)C5)nc43)[C@H](O)[C@@H]2O)n1. The molecule has 28 nitrogen and oxygen atoms in total. The molecule has 2 saturated carbocycles. The van der Waals surface area contributed by atoms with E-state index in [2.05, 4.69) is 45.9 Å². The fourth-order valence-electron chi connectivity index (χ4n) is 14.3. The van der Waals surface area contributed by atoms with Crippen molar-refractivity contribution in [1.29, 1.82) is 0 Å². The molecule has 9 N–H and O–H groups in total. The number of anilines is 3. The van der Waals surface area contributed by atoms with Crippen molar-refractivity contribution in [2.75, 3.05) is 47.8 Å². The first-order chi connectivity index (χ1) is 45.6. The van der Waals surface area contributed by atoms with E-state index in [9.17, 15) is 45.6 Å². The Morgan fingerprint density at radius 3 is 1.39 bits per heavy atom. The molecule has 4 aromatic carbocycles. The number of aromatic nitrogens is 16. The molecular weight excluding hydrogens is 1200 g/mol. The van der Waals surface area contributed by atoms with Crippen LogP contribution in [0.25, 0.3) is 22.3 Å². The van der Waals surface area contributed by atoms with Crippen LogP contribution in [0.5, 0.6) is 23.0 Å². The Kier molecular flexibility index (Phi) is 17.0. The van der Waals surface area contributed by atoms with E-state index >= 15 is 0 Å². The fourth-order valence-corrected chi connectivity index (χ4v) is 14.3. The van der Waals surface area contributed by atoms with Crippen molar-refractivity contribution < 1.29 is 45.6 Å². The number of Topliss-reactive ketones (excluding diaryl/α,β-unsaturated/α-hetero) is 1. The number of benzene rings is 4. The van der Waals surface area contributed by atoms with E-state index in [0.717, 1.165) is 28.7 Å². The number of ketones is 1. The molecule has 2 aliphatic heterocycles. The Bertz CT molecular complexity index is 3940. The number of aryl methyl sites for hydroxylation is 3. The summed E-state index contributed by atoms with van der Waals surface area (Å²) in [6, 6.07) is 25.5. The summed E-state index contributed by atoms with van der Waals surface area (Å²) >= 11 is 0. The van der Waals surface area contributed by atoms with Gasteiger partial charge >= 0.3 is 0 Å². The maximum atomic E-state index is 14.4. The number of aliphatic hydroxyl groups excluding tert-OH is 4. The minimum absolute atomic E-state index is 0.00603. The maximum Gasteiger partial charge on any atom is 0.229 e. The van der Waals surface area contributed by atoms with Crippen LogP contribution in [-0.4, -0.2) is 183 Å². The molecule has 8 heterocycles. The molecule has 0 amide bonds. The number of hydrogen-bond acceptors (Lipinski definition) is 24. The van der Waals surface area contributed by atoms with Crippen LogP contribution < -0.4 is 15.1 Å². The number of aliphatic hydroxyl groups is 4. The molecule has 0 bridgehead atoms. The second-order valence-corrected chi connectivity index (χ2v) is 25.5. The minimum Gasteiger partial charge on any atom is -0.508 e. The number of carbonyl (C=O) groups excluding carboxylic acids is 1. The molecule has 10 aromatic rings. The summed E-state index contributed by atoms with van der Waals surface area (Å²) in [5.74, 6) is 2.62. The van der Waals surface area contributed by atoms with Gasteiger partial charge in [0.2, 0.25) is 11.9 Å². The van der Waals surface area contributed by atoms with Crippen molar-refractivity contribution in [2.45, 2.75) is 138 Å². The highest BCUT2D eigenvalue weighted by Crippen LogP contribution is 2.43. The van der Waals surface area contributed by atoms with Crippen LogP contribution in [0, 0.1) is 11.8 Å². The number of fused-ring (bicyclic) bond motifs is 2. The van der Waals surface area contributed by atoms with Gasteiger partial charge in [0.15, 0.2) is 34.3 Å². The van der Waals surface area contributed by atoms with Gasteiger partial charge in [0.1, 0.15) is 70.8 Å². The van der Waals surface area contributed by atoms with Crippen molar-refractivity contribution in [1.82, 2.24) is 79.5 Å². The number of aromatic hydroxyl groups is 4. The molecule has 4 aliphatic rings. The monoisotopic (exact) mass is 1280 g/mol. The number of tetrazole rings is 2. The molecule has 94 heavy (non-hydrogen) atoms. The van der Waals surface area contributed by atoms with Crippen LogP contribution in [0.4, 0.5) is 17.7 Å². The Hall–Kier alpha value is -9.77. The van der Waals surface area contributed by atoms with Crippen LogP contribution >= 0.6 is 0 Å². The molecule has 0 unspecified atom stereocenters. The zero-order chi connectivity index (χ0) is 64.9. The number of rotatable bonds is 22. The number of imidazole rings is 2. The maximum absolute atomic E-state index is 14.4. The smallest absolute Gasteiger partial charge is 0.229 e. The average Bonchev–Trinajstić information content (AvgIpc) is 1.60. The van der Waals surface area contributed by atoms with Gasteiger partial charge in [-0.1, -0.05) is 62.4 Å². The third-order valence-corrected chi connectivity index (χ3v) is 19.5. The quantitative estimate of drug-likeness (QED) is 0.0409. The fraction of sp³-hybridized carbons (Fsp3) is 0.439. The second-order valence-electron chi connectivity index (χ2n) is 25.5. The summed E-state index contributed by atoms with van der Waals surface area (Å²) in [4.78, 5) is 51.7. The summed E-state index contributed by atoms with van der Waals surface area (Å²) in [7, 11) is 0. The number of carbonyl (C=O) groups is 1. The highest BCUT2D eigenvalue weighted by atomic mass is 16.3. The predicted molar refractivity (Wildman–Crippen MR) is 342 cm³/mol. The van der Waals surface area contributed by atoms with Crippen molar-refractivity contribution in [3.8, 4) is 23.0 Å². The van der Waals surface area contributed by atoms with Crippen LogP contribution in [-0.2, 0) is 24.1 Å². The first-order valence-electron chi connectivity index (χ1n) is 32.3. The molecular formula is C66H75N19O9. The first kappa shape index (κ1) is 61.7. The summed E-state index contributed by atoms with van der Waals surface area (Å²) in [5, 5.41) is 116. The Morgan fingerprint density at radius 1 is 0.532 bits per heavy atom. The average molecular weight is 1280 g/mol. The Balaban J connectivity index is 0.704. The minimum atomic E-state index is -1.23. The van der Waals surface area contributed by atoms with E-state index in [4.69, 9.17) is 29.9 Å². The normalized spacial score (nSPS) is 23.1. The number of phenols is 4. The van der Waals surface area contributed by atoms with Gasteiger partial charge < -0.3 is 65.1 Å². The Morgan fingerprint density at radius 2 is 0.947 bits per heavy atom. The van der Waals surface area contributed by atoms with E-state index in [1.165, 1.54) is 9.59 Å². The first-order valence-corrected chi connectivity index (χ1v) is 32.3. The predicted octanol–water partition coefficient (Wildman–Crippen LogP) is 5.41. The topological polar surface area (TPSA) is 372 Å². The number of nitrogens with zero attached hydrogens (tertiary/aromatic N) is 18. The standard InChI is InChI=1S/C66H75N19O9/c1-3-54-74-78-84(76-54)52-29-50(58(91)60(52)93)82-34-68-56-49(22-21-47(38-5-13-42(86)14-6-38)39-7-15-43(87)16-8-39)70-65(72-63(56)82)80-25-23-36(32-80)27-46(90)28-37-24-26-81(33-37)66-71-62(67-31-48(40-9-17-44(88)18-10-40)41-11-19-45(89)20-12-41)57-64(73-66)83(35-69-57)51-30-53(61(94)59(51)92)85-77-55(4-2)75-79-85/h5-20,34-37,47-48,50-53,58-61,86-89,91-94H,3-4,21-33H2,1-2H3,(H,67,71,73)/t36-,37-,50+,51+,52-,53-,58-,59-,60+,61+/m0/s1. The summed E-state index contributed by atoms with van der Waals surface area (Å²) in [6.45, 7) is 6.35. The molecule has 10 atom stereocenters. The van der Waals surface area contributed by atoms with E-state index < -0.39 is 48.6 Å². The molecule has 2 saturated heterocycles. The number of hydrogen-bond donors (Lipinski definition) is 9. The zero-order valence-corrected chi connectivity index (χ0v) is 52.0. The van der Waals surface area contributed by atoms with Gasteiger partial charge in [0.25, 0.3) is 0 Å². The van der Waals surface area contributed by atoms with Crippen LogP contribution in [0.1, 0.15) is 134 Å². The molecule has 14 rings (SSSR count). The van der Waals surface area contributed by atoms with E-state index in [-0.39, 0.29) is 65.3 Å². The van der Waals surface area contributed by atoms with Crippen LogP contribution in [0.15, 0.2) is 110 Å². The molecule has 488 valence electrons. The third-order valence-electron chi connectivity index (χ3n) is 19.5. The van der Waals surface area contributed by atoms with Gasteiger partial charge in [-0.3, -0.25) is 4.79 Å². The summed E-state index contributed by atoms with van der Waals surface area (Å²) in [5.41, 5.74) is 6.33. The van der Waals surface area contributed by atoms with Crippen molar-refractivity contribution in [3.05, 3.63) is 149 Å². The molecule has 0 spiro atoms. The van der Waals surface area contributed by atoms with E-state index in [1.807, 2.05) is 66.9 Å². The highest BCUT2D eigenvalue weighted by Gasteiger charge is 2.47. The third kappa shape index (κ3) is 12.3. The number of nitrogens with one attached hydrogen (secondary N) is 1. The zero-order valence-electron chi connectivity index (χ0n) is 52.0. The van der Waals surface area contributed by atoms with Crippen molar-refractivity contribution >= 4 is 45.8 Å².